The smallest absolute Gasteiger partial charge is 0.335 e. The normalized spacial score (nSPS) is 21.4. The van der Waals surface area contributed by atoms with E-state index in [1.165, 1.54) is 23.3 Å². The number of hydrogen-bond donors (Lipinski definition) is 2. The van der Waals surface area contributed by atoms with E-state index >= 15 is 0 Å². The Morgan fingerprint density at radius 2 is 1.79 bits per heavy atom. The molecule has 0 amide bonds. The number of nitro benzene ring substituents is 1. The van der Waals surface area contributed by atoms with Gasteiger partial charge in [-0.3, -0.25) is 10.1 Å². The number of fused-ring (bicyclic) bond motifs is 5. The first-order valence-electron chi connectivity index (χ1n) is 9.49. The highest BCUT2D eigenvalue weighted by Crippen LogP contribution is 2.53. The molecule has 0 radical (unpaired) electrons. The number of aromatic carboxylic acids is 1. The fourth-order valence-electron chi connectivity index (χ4n) is 4.83. The van der Waals surface area contributed by atoms with Crippen molar-refractivity contribution in [3.8, 4) is 0 Å². The molecule has 144 valence electrons. The second kappa shape index (κ2) is 6.44. The van der Waals surface area contributed by atoms with Crippen molar-refractivity contribution in [1.29, 1.82) is 0 Å². The molecule has 2 N–H and O–H groups in total. The number of non-ortho nitro benzene ring substituents is 1. The summed E-state index contributed by atoms with van der Waals surface area (Å²) in [4.78, 5) is 22.1. The molecule has 6 heteroatoms. The molecule has 1 aliphatic heterocycles. The summed E-state index contributed by atoms with van der Waals surface area (Å²) in [5.74, 6) is -0.652. The first kappa shape index (κ1) is 17.4. The monoisotopic (exact) mass is 386 g/mol. The fraction of sp³-hybridized carbons (Fsp3) is 0.174. The van der Waals surface area contributed by atoms with Gasteiger partial charge in [0.15, 0.2) is 0 Å². The Labute approximate surface area is 167 Å². The zero-order valence-corrected chi connectivity index (χ0v) is 15.4. The van der Waals surface area contributed by atoms with Crippen LogP contribution in [0.1, 0.15) is 44.6 Å². The highest BCUT2D eigenvalue weighted by atomic mass is 16.6. The standard InChI is InChI=1S/C23H18N2O4/c26-23(27)15-7-10-20-18(12-15)21-17-4-2-1-3-14(17)11-19(21)22(24-20)13-5-8-16(9-6-13)25(28)29/h1-10,12,19,21-22,24H,11H2,(H,26,27)/t19-,21-,22-/m0/s1. The number of anilines is 1. The first-order valence-corrected chi connectivity index (χ1v) is 9.49. The predicted molar refractivity (Wildman–Crippen MR) is 108 cm³/mol. The minimum absolute atomic E-state index is 0.0172. The molecule has 0 aromatic heterocycles. The Bertz CT molecular complexity index is 1140. The summed E-state index contributed by atoms with van der Waals surface area (Å²) in [6.45, 7) is 0. The summed E-state index contributed by atoms with van der Waals surface area (Å²) in [7, 11) is 0. The lowest BCUT2D eigenvalue weighted by Gasteiger charge is -2.38. The number of rotatable bonds is 3. The predicted octanol–water partition coefficient (Wildman–Crippen LogP) is 4.76. The Morgan fingerprint density at radius 3 is 2.52 bits per heavy atom. The van der Waals surface area contributed by atoms with E-state index in [9.17, 15) is 20.0 Å². The van der Waals surface area contributed by atoms with E-state index in [0.29, 0.717) is 0 Å². The highest BCUT2D eigenvalue weighted by molar-refractivity contribution is 5.89. The Hall–Kier alpha value is -3.67. The molecule has 2 aliphatic rings. The number of carboxylic acids is 1. The van der Waals surface area contributed by atoms with Gasteiger partial charge in [0.25, 0.3) is 5.69 Å². The van der Waals surface area contributed by atoms with E-state index in [1.54, 1.807) is 12.1 Å². The van der Waals surface area contributed by atoms with Gasteiger partial charge < -0.3 is 10.4 Å². The lowest BCUT2D eigenvalue weighted by atomic mass is 9.75. The van der Waals surface area contributed by atoms with Crippen LogP contribution in [0.25, 0.3) is 0 Å². The molecule has 3 aromatic carbocycles. The molecule has 0 unspecified atom stereocenters. The van der Waals surface area contributed by atoms with Crippen LogP contribution in [0.3, 0.4) is 0 Å². The minimum Gasteiger partial charge on any atom is -0.478 e. The molecule has 29 heavy (non-hydrogen) atoms. The van der Waals surface area contributed by atoms with E-state index in [0.717, 1.165) is 23.2 Å². The van der Waals surface area contributed by atoms with Gasteiger partial charge >= 0.3 is 5.97 Å². The van der Waals surface area contributed by atoms with Gasteiger partial charge in [0, 0.05) is 23.7 Å². The van der Waals surface area contributed by atoms with Crippen molar-refractivity contribution in [2.24, 2.45) is 5.92 Å². The molecule has 0 fully saturated rings. The molecule has 1 aliphatic carbocycles. The topological polar surface area (TPSA) is 92.5 Å². The molecular formula is C23H18N2O4. The molecule has 3 atom stereocenters. The quantitative estimate of drug-likeness (QED) is 0.500. The van der Waals surface area contributed by atoms with Crippen LogP contribution in [0.15, 0.2) is 66.7 Å². The molecule has 0 spiro atoms. The van der Waals surface area contributed by atoms with E-state index < -0.39 is 10.9 Å². The van der Waals surface area contributed by atoms with Crippen LogP contribution in [0.4, 0.5) is 11.4 Å². The number of nitrogens with one attached hydrogen (secondary N) is 1. The molecule has 6 nitrogen and oxygen atoms in total. The number of hydrogen-bond acceptors (Lipinski definition) is 4. The summed E-state index contributed by atoms with van der Waals surface area (Å²) >= 11 is 0. The molecule has 0 saturated carbocycles. The van der Waals surface area contributed by atoms with Gasteiger partial charge in [-0.25, -0.2) is 4.79 Å². The third-order valence-corrected chi connectivity index (χ3v) is 6.11. The van der Waals surface area contributed by atoms with Gasteiger partial charge in [0.1, 0.15) is 0 Å². The van der Waals surface area contributed by atoms with Crippen molar-refractivity contribution in [2.75, 3.05) is 5.32 Å². The van der Waals surface area contributed by atoms with Gasteiger partial charge in [-0.15, -0.1) is 0 Å². The van der Waals surface area contributed by atoms with Crippen molar-refractivity contribution in [3.63, 3.8) is 0 Å². The van der Waals surface area contributed by atoms with Gasteiger partial charge in [-0.2, -0.15) is 0 Å². The second-order valence-corrected chi connectivity index (χ2v) is 7.62. The Kier molecular flexibility index (Phi) is 3.87. The molecular weight excluding hydrogens is 368 g/mol. The van der Waals surface area contributed by atoms with E-state index in [-0.39, 0.29) is 29.1 Å². The maximum atomic E-state index is 11.5. The maximum Gasteiger partial charge on any atom is 0.335 e. The maximum absolute atomic E-state index is 11.5. The second-order valence-electron chi connectivity index (χ2n) is 7.62. The van der Waals surface area contributed by atoms with Crippen LogP contribution < -0.4 is 5.32 Å². The molecule has 0 saturated heterocycles. The zero-order valence-electron chi connectivity index (χ0n) is 15.4. The average molecular weight is 386 g/mol. The van der Waals surface area contributed by atoms with Crippen LogP contribution >= 0.6 is 0 Å². The van der Waals surface area contributed by atoms with Crippen LogP contribution in [0.2, 0.25) is 0 Å². The van der Waals surface area contributed by atoms with Crippen molar-refractivity contribution < 1.29 is 14.8 Å². The van der Waals surface area contributed by atoms with Gasteiger partial charge in [0.05, 0.1) is 16.5 Å². The highest BCUT2D eigenvalue weighted by Gasteiger charge is 2.43. The Morgan fingerprint density at radius 1 is 1.03 bits per heavy atom. The number of carbonyl (C=O) groups is 1. The van der Waals surface area contributed by atoms with E-state index in [1.807, 2.05) is 30.3 Å². The van der Waals surface area contributed by atoms with Gasteiger partial charge in [-0.1, -0.05) is 36.4 Å². The van der Waals surface area contributed by atoms with Gasteiger partial charge in [0.2, 0.25) is 0 Å². The van der Waals surface area contributed by atoms with Crippen molar-refractivity contribution >= 4 is 17.3 Å². The lowest BCUT2D eigenvalue weighted by Crippen LogP contribution is -2.30. The summed E-state index contributed by atoms with van der Waals surface area (Å²) in [6.07, 6.45) is 0.867. The third kappa shape index (κ3) is 2.76. The number of benzene rings is 3. The SMILES string of the molecule is O=C(O)c1ccc2c(c1)[C@@H]1c3ccccc3C[C@@H]1[C@H](c1ccc([N+](=O)[O-])cc1)N2. The largest absolute Gasteiger partial charge is 0.478 e. The molecule has 5 rings (SSSR count). The lowest BCUT2D eigenvalue weighted by molar-refractivity contribution is -0.384. The third-order valence-electron chi connectivity index (χ3n) is 6.11. The number of nitrogens with zero attached hydrogens (tertiary/aromatic N) is 1. The van der Waals surface area contributed by atoms with Crippen LogP contribution in [-0.4, -0.2) is 16.0 Å². The minimum atomic E-state index is -0.937. The van der Waals surface area contributed by atoms with E-state index in [2.05, 4.69) is 17.4 Å². The van der Waals surface area contributed by atoms with Crippen molar-refractivity contribution in [1.82, 2.24) is 0 Å². The van der Waals surface area contributed by atoms with Gasteiger partial charge in [-0.05, 0) is 52.8 Å². The summed E-state index contributed by atoms with van der Waals surface area (Å²) < 4.78 is 0. The Balaban J connectivity index is 1.64. The summed E-state index contributed by atoms with van der Waals surface area (Å²) in [5.41, 5.74) is 5.75. The fourth-order valence-corrected chi connectivity index (χ4v) is 4.83. The number of carboxylic acid groups (broad SMARTS) is 1. The molecule has 1 heterocycles. The van der Waals surface area contributed by atoms with Crippen molar-refractivity contribution in [3.05, 3.63) is 105 Å². The van der Waals surface area contributed by atoms with Crippen LogP contribution in [0.5, 0.6) is 0 Å². The molecule has 0 bridgehead atoms. The summed E-state index contributed by atoms with van der Waals surface area (Å²) in [6, 6.07) is 20.2. The van der Waals surface area contributed by atoms with Crippen molar-refractivity contribution in [2.45, 2.75) is 18.4 Å². The molecule has 3 aromatic rings. The summed E-state index contributed by atoms with van der Waals surface area (Å²) in [5, 5.41) is 24.0. The first-order chi connectivity index (χ1) is 14.0. The van der Waals surface area contributed by atoms with Crippen LogP contribution in [0, 0.1) is 16.0 Å². The zero-order chi connectivity index (χ0) is 20.1. The van der Waals surface area contributed by atoms with Crippen LogP contribution in [-0.2, 0) is 6.42 Å². The average Bonchev–Trinajstić information content (AvgIpc) is 3.12. The number of nitro groups is 1. The van der Waals surface area contributed by atoms with E-state index in [4.69, 9.17) is 0 Å².